The van der Waals surface area contributed by atoms with Crippen LogP contribution in [0.1, 0.15) is 13.3 Å². The van der Waals surface area contributed by atoms with Gasteiger partial charge in [0.25, 0.3) is 5.91 Å². The summed E-state index contributed by atoms with van der Waals surface area (Å²) in [6, 6.07) is 0. The predicted octanol–water partition coefficient (Wildman–Crippen LogP) is -0.730. The molecule has 2 saturated heterocycles. The van der Waals surface area contributed by atoms with Gasteiger partial charge in [0.1, 0.15) is 6.10 Å². The van der Waals surface area contributed by atoms with Crippen molar-refractivity contribution in [2.75, 3.05) is 32.9 Å². The highest BCUT2D eigenvalue weighted by atomic mass is 16.5. The number of hydrogen-bond acceptors (Lipinski definition) is 4. The van der Waals surface area contributed by atoms with Gasteiger partial charge in [0, 0.05) is 19.7 Å². The summed E-state index contributed by atoms with van der Waals surface area (Å²) in [5, 5.41) is 6.13. The maximum Gasteiger partial charge on any atom is 0.250 e. The van der Waals surface area contributed by atoms with Crippen LogP contribution in [0.5, 0.6) is 0 Å². The molecule has 0 bridgehead atoms. The molecular weight excluding hydrogens is 196 g/mol. The molecule has 2 atom stereocenters. The molecule has 0 saturated carbocycles. The van der Waals surface area contributed by atoms with Crippen LogP contribution in [-0.2, 0) is 14.3 Å². The summed E-state index contributed by atoms with van der Waals surface area (Å²) in [6.45, 7) is 5.35. The number of morpholine rings is 1. The zero-order valence-corrected chi connectivity index (χ0v) is 9.04. The summed E-state index contributed by atoms with van der Waals surface area (Å²) in [7, 11) is 0. The zero-order chi connectivity index (χ0) is 10.7. The smallest absolute Gasteiger partial charge is 0.250 e. The van der Waals surface area contributed by atoms with Crippen LogP contribution in [0, 0.1) is 0 Å². The maximum atomic E-state index is 11.8. The Balaban J connectivity index is 1.85. The molecule has 0 aromatic carbocycles. The van der Waals surface area contributed by atoms with Crippen molar-refractivity contribution >= 4 is 5.91 Å². The summed E-state index contributed by atoms with van der Waals surface area (Å²) in [5.74, 6) is -0.0322. The van der Waals surface area contributed by atoms with Gasteiger partial charge in [-0.05, 0) is 13.3 Å². The van der Waals surface area contributed by atoms with Crippen LogP contribution < -0.4 is 10.6 Å². The molecule has 0 aromatic rings. The molecule has 5 nitrogen and oxygen atoms in total. The molecule has 1 unspecified atom stereocenters. The first-order chi connectivity index (χ1) is 7.20. The minimum absolute atomic E-state index is 0.0322. The zero-order valence-electron chi connectivity index (χ0n) is 9.04. The van der Waals surface area contributed by atoms with E-state index in [1.165, 1.54) is 0 Å². The lowest BCUT2D eigenvalue weighted by molar-refractivity contribution is -0.136. The van der Waals surface area contributed by atoms with E-state index in [2.05, 4.69) is 10.6 Å². The van der Waals surface area contributed by atoms with Crippen molar-refractivity contribution in [1.82, 2.24) is 10.6 Å². The van der Waals surface area contributed by atoms with E-state index in [1.807, 2.05) is 6.92 Å². The van der Waals surface area contributed by atoms with E-state index >= 15 is 0 Å². The van der Waals surface area contributed by atoms with Gasteiger partial charge in [0.05, 0.1) is 18.8 Å². The molecule has 2 aliphatic heterocycles. The van der Waals surface area contributed by atoms with Crippen LogP contribution in [0.25, 0.3) is 0 Å². The predicted molar refractivity (Wildman–Crippen MR) is 54.6 cm³/mol. The average Bonchev–Trinajstić information content (AvgIpc) is 2.66. The Morgan fingerprint density at radius 3 is 3.00 bits per heavy atom. The number of carbonyl (C=O) groups excluding carboxylic acids is 1. The fraction of sp³-hybridized carbons (Fsp3) is 0.900. The third kappa shape index (κ3) is 2.68. The van der Waals surface area contributed by atoms with Crippen molar-refractivity contribution < 1.29 is 14.3 Å². The van der Waals surface area contributed by atoms with Gasteiger partial charge >= 0.3 is 0 Å². The number of rotatable bonds is 2. The Kier molecular flexibility index (Phi) is 3.23. The van der Waals surface area contributed by atoms with Crippen molar-refractivity contribution in [3.05, 3.63) is 0 Å². The van der Waals surface area contributed by atoms with Gasteiger partial charge in [0.2, 0.25) is 0 Å². The Morgan fingerprint density at radius 2 is 2.40 bits per heavy atom. The van der Waals surface area contributed by atoms with E-state index in [0.29, 0.717) is 19.8 Å². The van der Waals surface area contributed by atoms with Crippen molar-refractivity contribution in [2.45, 2.75) is 25.0 Å². The molecule has 2 fully saturated rings. The number of hydrogen-bond donors (Lipinski definition) is 2. The lowest BCUT2D eigenvalue weighted by Gasteiger charge is -2.28. The van der Waals surface area contributed by atoms with Gasteiger partial charge in [-0.3, -0.25) is 4.79 Å². The SMILES string of the molecule is CC1(NC(=O)[C@H]2CNCCO2)CCOC1. The molecule has 0 aliphatic carbocycles. The highest BCUT2D eigenvalue weighted by Gasteiger charge is 2.34. The average molecular weight is 214 g/mol. The second-order valence-corrected chi connectivity index (χ2v) is 4.42. The second-order valence-electron chi connectivity index (χ2n) is 4.42. The summed E-state index contributed by atoms with van der Waals surface area (Å²) in [4.78, 5) is 11.8. The van der Waals surface area contributed by atoms with Gasteiger partial charge in [0.15, 0.2) is 0 Å². The topological polar surface area (TPSA) is 59.6 Å². The second kappa shape index (κ2) is 4.47. The Bertz CT molecular complexity index is 233. The summed E-state index contributed by atoms with van der Waals surface area (Å²) >= 11 is 0. The molecule has 2 rings (SSSR count). The monoisotopic (exact) mass is 214 g/mol. The summed E-state index contributed by atoms with van der Waals surface area (Å²) in [6.07, 6.45) is 0.523. The number of nitrogens with one attached hydrogen (secondary N) is 2. The van der Waals surface area contributed by atoms with E-state index < -0.39 is 0 Å². The third-order valence-electron chi connectivity index (χ3n) is 2.86. The van der Waals surface area contributed by atoms with E-state index in [-0.39, 0.29) is 17.6 Å². The van der Waals surface area contributed by atoms with Crippen LogP contribution in [-0.4, -0.2) is 50.5 Å². The van der Waals surface area contributed by atoms with E-state index in [4.69, 9.17) is 9.47 Å². The van der Waals surface area contributed by atoms with E-state index in [1.54, 1.807) is 0 Å². The molecule has 86 valence electrons. The van der Waals surface area contributed by atoms with Crippen LogP contribution in [0.2, 0.25) is 0 Å². The Labute approximate surface area is 89.5 Å². The van der Waals surface area contributed by atoms with Crippen molar-refractivity contribution in [1.29, 1.82) is 0 Å². The molecular formula is C10H18N2O3. The standard InChI is InChI=1S/C10H18N2O3/c1-10(2-4-14-7-10)12-9(13)8-6-11-3-5-15-8/h8,11H,2-7H2,1H3,(H,12,13)/t8-,10?/m1/s1. The van der Waals surface area contributed by atoms with E-state index in [0.717, 1.165) is 19.6 Å². The molecule has 2 heterocycles. The normalized spacial score (nSPS) is 36.5. The molecule has 15 heavy (non-hydrogen) atoms. The number of ether oxygens (including phenoxy) is 2. The molecule has 0 radical (unpaired) electrons. The van der Waals surface area contributed by atoms with Crippen molar-refractivity contribution in [3.63, 3.8) is 0 Å². The molecule has 2 N–H and O–H groups in total. The van der Waals surface area contributed by atoms with E-state index in [9.17, 15) is 4.79 Å². The van der Waals surface area contributed by atoms with Gasteiger partial charge in [-0.25, -0.2) is 0 Å². The maximum absolute atomic E-state index is 11.8. The van der Waals surface area contributed by atoms with Crippen molar-refractivity contribution in [2.24, 2.45) is 0 Å². The quantitative estimate of drug-likeness (QED) is 0.636. The first-order valence-corrected chi connectivity index (χ1v) is 5.42. The fourth-order valence-corrected chi connectivity index (χ4v) is 1.88. The molecule has 1 amide bonds. The highest BCUT2D eigenvalue weighted by Crippen LogP contribution is 2.17. The molecule has 0 aromatic heterocycles. The molecule has 5 heteroatoms. The van der Waals surface area contributed by atoms with Crippen LogP contribution in [0.15, 0.2) is 0 Å². The van der Waals surface area contributed by atoms with Crippen LogP contribution in [0.4, 0.5) is 0 Å². The largest absolute Gasteiger partial charge is 0.379 e. The Hall–Kier alpha value is -0.650. The fourth-order valence-electron chi connectivity index (χ4n) is 1.88. The van der Waals surface area contributed by atoms with Gasteiger partial charge < -0.3 is 20.1 Å². The van der Waals surface area contributed by atoms with Gasteiger partial charge in [-0.15, -0.1) is 0 Å². The summed E-state index contributed by atoms with van der Waals surface area (Å²) in [5.41, 5.74) is -0.210. The minimum Gasteiger partial charge on any atom is -0.379 e. The summed E-state index contributed by atoms with van der Waals surface area (Å²) < 4.78 is 10.7. The van der Waals surface area contributed by atoms with Gasteiger partial charge in [-0.1, -0.05) is 0 Å². The van der Waals surface area contributed by atoms with Crippen molar-refractivity contribution in [3.8, 4) is 0 Å². The van der Waals surface area contributed by atoms with Crippen LogP contribution in [0.3, 0.4) is 0 Å². The van der Waals surface area contributed by atoms with Crippen LogP contribution >= 0.6 is 0 Å². The minimum atomic E-state index is -0.351. The first kappa shape index (κ1) is 10.9. The lowest BCUT2D eigenvalue weighted by Crippen LogP contribution is -2.54. The van der Waals surface area contributed by atoms with Gasteiger partial charge in [-0.2, -0.15) is 0 Å². The molecule has 0 spiro atoms. The number of amides is 1. The lowest BCUT2D eigenvalue weighted by atomic mass is 10.0. The molecule has 2 aliphatic rings. The third-order valence-corrected chi connectivity index (χ3v) is 2.86. The number of carbonyl (C=O) groups is 1. The Morgan fingerprint density at radius 1 is 1.53 bits per heavy atom. The highest BCUT2D eigenvalue weighted by molar-refractivity contribution is 5.81. The first-order valence-electron chi connectivity index (χ1n) is 5.42.